The molecule has 1 amide bonds. The van der Waals surface area contributed by atoms with Crippen molar-refractivity contribution < 1.29 is 29.7 Å². The van der Waals surface area contributed by atoms with E-state index in [4.69, 9.17) is 5.11 Å². The summed E-state index contributed by atoms with van der Waals surface area (Å²) >= 11 is 0. The Morgan fingerprint density at radius 3 is 1.97 bits per heavy atom. The van der Waals surface area contributed by atoms with Crippen LogP contribution < -0.4 is 5.32 Å². The van der Waals surface area contributed by atoms with Crippen LogP contribution in [-0.2, 0) is 11.2 Å². The van der Waals surface area contributed by atoms with E-state index < -0.39 is 23.9 Å². The van der Waals surface area contributed by atoms with E-state index in [9.17, 15) is 24.6 Å². The van der Waals surface area contributed by atoms with E-state index in [0.29, 0.717) is 11.1 Å². The van der Waals surface area contributed by atoms with Crippen LogP contribution in [0.3, 0.4) is 0 Å². The first-order valence-corrected chi connectivity index (χ1v) is 9.09. The lowest BCUT2D eigenvalue weighted by molar-refractivity contribution is -0.139. The quantitative estimate of drug-likeness (QED) is 0.479. The first-order chi connectivity index (χ1) is 14.3. The molecule has 0 aliphatic carbocycles. The van der Waals surface area contributed by atoms with Crippen LogP contribution in [0, 0.1) is 0 Å². The summed E-state index contributed by atoms with van der Waals surface area (Å²) in [6.45, 7) is 0. The minimum Gasteiger partial charge on any atom is -0.507 e. The molecular weight excluding hydrogens is 386 g/mol. The summed E-state index contributed by atoms with van der Waals surface area (Å²) in [5, 5.41) is 30.8. The second-order valence-electron chi connectivity index (χ2n) is 6.66. The van der Waals surface area contributed by atoms with Gasteiger partial charge in [-0.05, 0) is 41.5 Å². The molecule has 0 aliphatic heterocycles. The first-order valence-electron chi connectivity index (χ1n) is 9.09. The molecule has 0 spiro atoms. The molecule has 152 valence electrons. The molecular formula is C23H19NO6. The molecule has 0 aromatic heterocycles. The third-order valence-electron chi connectivity index (χ3n) is 4.61. The van der Waals surface area contributed by atoms with Crippen molar-refractivity contribution in [1.82, 2.24) is 5.32 Å². The highest BCUT2D eigenvalue weighted by Crippen LogP contribution is 2.28. The standard InChI is InChI=1S/C23H19NO6/c25-20-4-2-1-3-18(20)15-7-5-14(6-8-15)13-19(23(29)30)24-21(26)16-9-11-17(12-10-16)22(27)28/h1-12,19,25H,13H2,(H,24,26)(H,27,28)(H,29,30)/t19-/m0/s1. The van der Waals surface area contributed by atoms with Gasteiger partial charge in [-0.2, -0.15) is 0 Å². The summed E-state index contributed by atoms with van der Waals surface area (Å²) in [4.78, 5) is 34.9. The van der Waals surface area contributed by atoms with Crippen molar-refractivity contribution >= 4 is 17.8 Å². The van der Waals surface area contributed by atoms with Gasteiger partial charge >= 0.3 is 11.9 Å². The van der Waals surface area contributed by atoms with E-state index in [2.05, 4.69) is 5.32 Å². The van der Waals surface area contributed by atoms with Crippen molar-refractivity contribution in [3.8, 4) is 16.9 Å². The number of nitrogens with one attached hydrogen (secondary N) is 1. The lowest BCUT2D eigenvalue weighted by Crippen LogP contribution is -2.42. The molecule has 0 fully saturated rings. The van der Waals surface area contributed by atoms with E-state index in [0.717, 1.165) is 5.56 Å². The number of carboxylic acids is 2. The predicted octanol–water partition coefficient (Wildman–Crippen LogP) is 3.18. The number of carbonyl (C=O) groups excluding carboxylic acids is 1. The molecule has 0 unspecified atom stereocenters. The molecule has 3 rings (SSSR count). The fourth-order valence-electron chi connectivity index (χ4n) is 2.98. The third kappa shape index (κ3) is 4.82. The Balaban J connectivity index is 1.71. The van der Waals surface area contributed by atoms with Crippen molar-refractivity contribution in [2.24, 2.45) is 0 Å². The van der Waals surface area contributed by atoms with Crippen LogP contribution >= 0.6 is 0 Å². The lowest BCUT2D eigenvalue weighted by atomic mass is 10.00. The zero-order valence-electron chi connectivity index (χ0n) is 15.8. The zero-order valence-corrected chi connectivity index (χ0v) is 15.8. The molecule has 30 heavy (non-hydrogen) atoms. The normalized spacial score (nSPS) is 11.5. The van der Waals surface area contributed by atoms with E-state index in [1.54, 1.807) is 42.5 Å². The SMILES string of the molecule is O=C(O)c1ccc(C(=O)N[C@@H](Cc2ccc(-c3ccccc3O)cc2)C(=O)O)cc1. The summed E-state index contributed by atoms with van der Waals surface area (Å²) < 4.78 is 0. The predicted molar refractivity (Wildman–Crippen MR) is 110 cm³/mol. The molecule has 0 aliphatic rings. The van der Waals surface area contributed by atoms with Crippen molar-refractivity contribution in [3.63, 3.8) is 0 Å². The van der Waals surface area contributed by atoms with Gasteiger partial charge in [0.25, 0.3) is 5.91 Å². The number of benzene rings is 3. The molecule has 3 aromatic rings. The summed E-state index contributed by atoms with van der Waals surface area (Å²) in [7, 11) is 0. The Morgan fingerprint density at radius 1 is 0.800 bits per heavy atom. The number of rotatable bonds is 7. The van der Waals surface area contributed by atoms with Gasteiger partial charge in [-0.3, -0.25) is 4.79 Å². The Bertz CT molecular complexity index is 1070. The second-order valence-corrected chi connectivity index (χ2v) is 6.66. The molecule has 4 N–H and O–H groups in total. The van der Waals surface area contributed by atoms with E-state index in [1.165, 1.54) is 24.3 Å². The van der Waals surface area contributed by atoms with Gasteiger partial charge in [-0.25, -0.2) is 9.59 Å². The Labute approximate surface area is 172 Å². The number of hydrogen-bond donors (Lipinski definition) is 4. The number of hydrogen-bond acceptors (Lipinski definition) is 4. The zero-order chi connectivity index (χ0) is 21.7. The van der Waals surface area contributed by atoms with Crippen LogP contribution in [0.15, 0.2) is 72.8 Å². The molecule has 0 saturated heterocycles. The number of carboxylic acid groups (broad SMARTS) is 2. The highest BCUT2D eigenvalue weighted by Gasteiger charge is 2.21. The number of phenols is 1. The van der Waals surface area contributed by atoms with Gasteiger partial charge < -0.3 is 20.6 Å². The first kappa shape index (κ1) is 20.6. The largest absolute Gasteiger partial charge is 0.507 e. The van der Waals surface area contributed by atoms with E-state index in [-0.39, 0.29) is 23.3 Å². The van der Waals surface area contributed by atoms with Gasteiger partial charge in [0, 0.05) is 17.5 Å². The maximum atomic E-state index is 12.4. The fourth-order valence-corrected chi connectivity index (χ4v) is 2.98. The topological polar surface area (TPSA) is 124 Å². The molecule has 7 heteroatoms. The summed E-state index contributed by atoms with van der Waals surface area (Å²) in [5.41, 5.74) is 2.35. The highest BCUT2D eigenvalue weighted by molar-refractivity contribution is 5.97. The second kappa shape index (κ2) is 8.91. The Hall–Kier alpha value is -4.13. The molecule has 7 nitrogen and oxygen atoms in total. The minimum atomic E-state index is -1.18. The number of para-hydroxylation sites is 1. The summed E-state index contributed by atoms with van der Waals surface area (Å²) in [6, 6.07) is 18.0. The van der Waals surface area contributed by atoms with Crippen LogP contribution in [0.1, 0.15) is 26.3 Å². The van der Waals surface area contributed by atoms with Gasteiger partial charge in [0.2, 0.25) is 0 Å². The van der Waals surface area contributed by atoms with E-state index >= 15 is 0 Å². The molecule has 0 bridgehead atoms. The average molecular weight is 405 g/mol. The maximum Gasteiger partial charge on any atom is 0.335 e. The van der Waals surface area contributed by atoms with Crippen molar-refractivity contribution in [2.75, 3.05) is 0 Å². The van der Waals surface area contributed by atoms with Crippen LogP contribution in [-0.4, -0.2) is 39.2 Å². The number of aliphatic carboxylic acids is 1. The number of phenolic OH excluding ortho intramolecular Hbond substituents is 1. The number of aromatic carboxylic acids is 1. The van der Waals surface area contributed by atoms with Crippen LogP contribution in [0.5, 0.6) is 5.75 Å². The van der Waals surface area contributed by atoms with Gasteiger partial charge in [-0.15, -0.1) is 0 Å². The Kier molecular flexibility index (Phi) is 6.12. The van der Waals surface area contributed by atoms with Gasteiger partial charge in [0.15, 0.2) is 0 Å². The van der Waals surface area contributed by atoms with Crippen molar-refractivity contribution in [2.45, 2.75) is 12.5 Å². The molecule has 0 saturated carbocycles. The molecule has 3 aromatic carbocycles. The Morgan fingerprint density at radius 2 is 1.40 bits per heavy atom. The number of amides is 1. The average Bonchev–Trinajstić information content (AvgIpc) is 2.74. The molecule has 1 atom stereocenters. The monoisotopic (exact) mass is 405 g/mol. The fraction of sp³-hybridized carbons (Fsp3) is 0.0870. The highest BCUT2D eigenvalue weighted by atomic mass is 16.4. The smallest absolute Gasteiger partial charge is 0.335 e. The minimum absolute atomic E-state index is 0.0332. The van der Waals surface area contributed by atoms with Crippen molar-refractivity contribution in [1.29, 1.82) is 0 Å². The summed E-state index contributed by atoms with van der Waals surface area (Å²) in [5.74, 6) is -2.76. The van der Waals surface area contributed by atoms with Crippen LogP contribution in [0.4, 0.5) is 0 Å². The summed E-state index contributed by atoms with van der Waals surface area (Å²) in [6.07, 6.45) is 0.0648. The molecule has 0 radical (unpaired) electrons. The third-order valence-corrected chi connectivity index (χ3v) is 4.61. The van der Waals surface area contributed by atoms with Crippen LogP contribution in [0.2, 0.25) is 0 Å². The van der Waals surface area contributed by atoms with Crippen molar-refractivity contribution in [3.05, 3.63) is 89.5 Å². The van der Waals surface area contributed by atoms with E-state index in [1.807, 2.05) is 6.07 Å². The lowest BCUT2D eigenvalue weighted by Gasteiger charge is -2.15. The number of carbonyl (C=O) groups is 3. The van der Waals surface area contributed by atoms with Crippen LogP contribution in [0.25, 0.3) is 11.1 Å². The van der Waals surface area contributed by atoms with Gasteiger partial charge in [-0.1, -0.05) is 42.5 Å². The van der Waals surface area contributed by atoms with Gasteiger partial charge in [0.05, 0.1) is 5.56 Å². The molecule has 0 heterocycles. The maximum absolute atomic E-state index is 12.4. The van der Waals surface area contributed by atoms with Gasteiger partial charge in [0.1, 0.15) is 11.8 Å². The number of aromatic hydroxyl groups is 1.